The van der Waals surface area contributed by atoms with Crippen LogP contribution in [0.1, 0.15) is 51.5 Å². The Hall–Kier alpha value is -0.0500. The van der Waals surface area contributed by atoms with Crippen LogP contribution in [0.3, 0.4) is 0 Å². The van der Waals surface area contributed by atoms with E-state index in [0.717, 1.165) is 22.9 Å². The minimum absolute atomic E-state index is 0.625. The van der Waals surface area contributed by atoms with E-state index in [9.17, 15) is 5.11 Å². The maximum atomic E-state index is 10.5. The van der Waals surface area contributed by atoms with Crippen LogP contribution in [0.15, 0.2) is 22.7 Å². The van der Waals surface area contributed by atoms with E-state index >= 15 is 0 Å². The summed E-state index contributed by atoms with van der Waals surface area (Å²) >= 11 is 9.53. The SMILES string of the molecule is CCCCCCC(C)(O)c1ccc(Br)cc1Cl. The van der Waals surface area contributed by atoms with Crippen LogP contribution in [0.25, 0.3) is 0 Å². The maximum Gasteiger partial charge on any atom is 0.0882 e. The Labute approximate surface area is 117 Å². The Kier molecular flexibility index (Phi) is 5.98. The average Bonchev–Trinajstić information content (AvgIpc) is 2.24. The topological polar surface area (TPSA) is 20.2 Å². The molecule has 3 heteroatoms. The number of aliphatic hydroxyl groups is 1. The van der Waals surface area contributed by atoms with Crippen molar-refractivity contribution >= 4 is 27.5 Å². The molecule has 96 valence electrons. The van der Waals surface area contributed by atoms with E-state index < -0.39 is 5.60 Å². The summed E-state index contributed by atoms with van der Waals surface area (Å²) in [4.78, 5) is 0. The molecule has 0 radical (unpaired) electrons. The Morgan fingerprint density at radius 1 is 1.29 bits per heavy atom. The van der Waals surface area contributed by atoms with Crippen LogP contribution in [0.4, 0.5) is 0 Å². The summed E-state index contributed by atoms with van der Waals surface area (Å²) in [5, 5.41) is 11.1. The second-order valence-corrected chi connectivity index (χ2v) is 6.03. The highest BCUT2D eigenvalue weighted by atomic mass is 79.9. The average molecular weight is 320 g/mol. The van der Waals surface area contributed by atoms with Gasteiger partial charge in [0, 0.05) is 15.1 Å². The molecule has 1 nitrogen and oxygen atoms in total. The lowest BCUT2D eigenvalue weighted by Gasteiger charge is -2.25. The van der Waals surface area contributed by atoms with E-state index in [1.54, 1.807) is 0 Å². The highest BCUT2D eigenvalue weighted by Gasteiger charge is 2.24. The molecule has 0 aliphatic carbocycles. The third-order valence-electron chi connectivity index (χ3n) is 3.03. The van der Waals surface area contributed by atoms with Gasteiger partial charge in [0.05, 0.1) is 5.60 Å². The maximum absolute atomic E-state index is 10.5. The molecule has 1 N–H and O–H groups in total. The van der Waals surface area contributed by atoms with Crippen molar-refractivity contribution in [1.29, 1.82) is 0 Å². The Morgan fingerprint density at radius 2 is 2.00 bits per heavy atom. The van der Waals surface area contributed by atoms with Crippen LogP contribution in [-0.2, 0) is 5.60 Å². The first-order valence-corrected chi connectivity index (χ1v) is 7.32. The summed E-state index contributed by atoms with van der Waals surface area (Å²) < 4.78 is 0.938. The van der Waals surface area contributed by atoms with E-state index in [2.05, 4.69) is 22.9 Å². The molecule has 1 aromatic rings. The van der Waals surface area contributed by atoms with Gasteiger partial charge in [0.15, 0.2) is 0 Å². The molecule has 0 spiro atoms. The van der Waals surface area contributed by atoms with E-state index in [4.69, 9.17) is 11.6 Å². The quantitative estimate of drug-likeness (QED) is 0.707. The zero-order valence-electron chi connectivity index (χ0n) is 10.5. The van der Waals surface area contributed by atoms with E-state index in [0.29, 0.717) is 5.02 Å². The lowest BCUT2D eigenvalue weighted by molar-refractivity contribution is 0.0449. The van der Waals surface area contributed by atoms with Crippen molar-refractivity contribution in [2.24, 2.45) is 0 Å². The predicted molar refractivity (Wildman–Crippen MR) is 77.5 cm³/mol. The van der Waals surface area contributed by atoms with Gasteiger partial charge in [0.1, 0.15) is 0 Å². The summed E-state index contributed by atoms with van der Waals surface area (Å²) in [7, 11) is 0. The molecule has 0 aliphatic heterocycles. The smallest absolute Gasteiger partial charge is 0.0882 e. The van der Waals surface area contributed by atoms with Crippen LogP contribution >= 0.6 is 27.5 Å². The molecule has 1 rings (SSSR count). The third-order valence-corrected chi connectivity index (χ3v) is 3.83. The molecular formula is C14H20BrClO. The summed E-state index contributed by atoms with van der Waals surface area (Å²) in [5.74, 6) is 0. The van der Waals surface area contributed by atoms with Crippen molar-refractivity contribution in [3.63, 3.8) is 0 Å². The number of benzene rings is 1. The minimum atomic E-state index is -0.828. The van der Waals surface area contributed by atoms with E-state index in [1.165, 1.54) is 19.3 Å². The van der Waals surface area contributed by atoms with Crippen molar-refractivity contribution in [2.45, 2.75) is 51.6 Å². The highest BCUT2D eigenvalue weighted by Crippen LogP contribution is 2.33. The second kappa shape index (κ2) is 6.77. The van der Waals surface area contributed by atoms with Gasteiger partial charge in [-0.15, -0.1) is 0 Å². The number of unbranched alkanes of at least 4 members (excludes halogenated alkanes) is 3. The van der Waals surface area contributed by atoms with Crippen LogP contribution in [0.5, 0.6) is 0 Å². The van der Waals surface area contributed by atoms with Crippen molar-refractivity contribution in [3.8, 4) is 0 Å². The minimum Gasteiger partial charge on any atom is -0.385 e. The summed E-state index contributed by atoms with van der Waals surface area (Å²) in [6, 6.07) is 5.64. The third kappa shape index (κ3) is 4.61. The Bertz CT molecular complexity index is 363. The van der Waals surface area contributed by atoms with Crippen molar-refractivity contribution < 1.29 is 5.11 Å². The van der Waals surface area contributed by atoms with Gasteiger partial charge in [-0.05, 0) is 25.5 Å². The van der Waals surface area contributed by atoms with Gasteiger partial charge in [-0.2, -0.15) is 0 Å². The molecule has 0 saturated carbocycles. The second-order valence-electron chi connectivity index (χ2n) is 4.71. The fourth-order valence-electron chi connectivity index (χ4n) is 1.96. The lowest BCUT2D eigenvalue weighted by Crippen LogP contribution is -2.21. The van der Waals surface area contributed by atoms with Gasteiger partial charge in [0.2, 0.25) is 0 Å². The van der Waals surface area contributed by atoms with Gasteiger partial charge < -0.3 is 5.11 Å². The molecule has 0 fully saturated rings. The largest absolute Gasteiger partial charge is 0.385 e. The van der Waals surface area contributed by atoms with Crippen LogP contribution in [-0.4, -0.2) is 5.11 Å². The number of hydrogen-bond donors (Lipinski definition) is 1. The van der Waals surface area contributed by atoms with Gasteiger partial charge in [-0.25, -0.2) is 0 Å². The zero-order chi connectivity index (χ0) is 12.9. The van der Waals surface area contributed by atoms with E-state index in [-0.39, 0.29) is 0 Å². The first-order chi connectivity index (χ1) is 7.97. The zero-order valence-corrected chi connectivity index (χ0v) is 12.8. The number of halogens is 2. The number of hydrogen-bond acceptors (Lipinski definition) is 1. The number of rotatable bonds is 6. The molecule has 1 aromatic carbocycles. The predicted octanol–water partition coefficient (Wildman–Crippen LogP) is 5.28. The molecular weight excluding hydrogens is 300 g/mol. The fourth-order valence-corrected chi connectivity index (χ4v) is 2.83. The standard InChI is InChI=1S/C14H20BrClO/c1-3-4-5-6-9-14(2,17)12-8-7-11(15)10-13(12)16/h7-8,10,17H,3-6,9H2,1-2H3. The van der Waals surface area contributed by atoms with Gasteiger partial charge >= 0.3 is 0 Å². The summed E-state index contributed by atoms with van der Waals surface area (Å²) in [6.45, 7) is 4.03. The van der Waals surface area contributed by atoms with Gasteiger partial charge in [-0.1, -0.05) is 66.2 Å². The summed E-state index contributed by atoms with van der Waals surface area (Å²) in [5.41, 5.74) is -0.00946. The van der Waals surface area contributed by atoms with Gasteiger partial charge in [-0.3, -0.25) is 0 Å². The summed E-state index contributed by atoms with van der Waals surface area (Å²) in [6.07, 6.45) is 5.40. The molecule has 0 amide bonds. The molecule has 0 saturated heterocycles. The molecule has 17 heavy (non-hydrogen) atoms. The van der Waals surface area contributed by atoms with Crippen molar-refractivity contribution in [3.05, 3.63) is 33.3 Å². The highest BCUT2D eigenvalue weighted by molar-refractivity contribution is 9.10. The van der Waals surface area contributed by atoms with Crippen LogP contribution in [0.2, 0.25) is 5.02 Å². The van der Waals surface area contributed by atoms with Crippen LogP contribution in [0, 0.1) is 0 Å². The lowest BCUT2D eigenvalue weighted by atomic mass is 9.90. The van der Waals surface area contributed by atoms with E-state index in [1.807, 2.05) is 25.1 Å². The Balaban J connectivity index is 2.68. The molecule has 1 atom stereocenters. The van der Waals surface area contributed by atoms with Crippen molar-refractivity contribution in [2.75, 3.05) is 0 Å². The molecule has 0 aliphatic rings. The molecule has 0 heterocycles. The molecule has 0 aromatic heterocycles. The monoisotopic (exact) mass is 318 g/mol. The van der Waals surface area contributed by atoms with Crippen molar-refractivity contribution in [1.82, 2.24) is 0 Å². The normalized spacial score (nSPS) is 14.6. The Morgan fingerprint density at radius 3 is 2.59 bits per heavy atom. The fraction of sp³-hybridized carbons (Fsp3) is 0.571. The molecule has 1 unspecified atom stereocenters. The first-order valence-electron chi connectivity index (χ1n) is 6.15. The first kappa shape index (κ1) is 15.0. The van der Waals surface area contributed by atoms with Gasteiger partial charge in [0.25, 0.3) is 0 Å². The molecule has 0 bridgehead atoms. The van der Waals surface area contributed by atoms with Crippen LogP contribution < -0.4 is 0 Å².